The van der Waals surface area contributed by atoms with Crippen LogP contribution in [0.1, 0.15) is 55.2 Å². The van der Waals surface area contributed by atoms with E-state index in [1.54, 1.807) is 6.92 Å². The molecule has 1 N–H and O–H groups in total. The summed E-state index contributed by atoms with van der Waals surface area (Å²) in [5, 5.41) is 12.5. The summed E-state index contributed by atoms with van der Waals surface area (Å²) in [6, 6.07) is 3.55. The molecule has 0 atom stereocenters. The highest BCUT2D eigenvalue weighted by molar-refractivity contribution is 8.00. The number of rotatable bonds is 7. The number of Topliss-reactive ketones (excluding diaryl/α,β-unsaturated/α-hetero) is 1. The van der Waals surface area contributed by atoms with Crippen LogP contribution in [-0.2, 0) is 4.79 Å². The number of hydrogen-bond donors (Lipinski definition) is 1. The number of aryl methyl sites for hydroxylation is 1. The van der Waals surface area contributed by atoms with Crippen molar-refractivity contribution in [2.24, 2.45) is 0 Å². The van der Waals surface area contributed by atoms with E-state index in [1.165, 1.54) is 13.0 Å². The third-order valence-electron chi connectivity index (χ3n) is 3.88. The molecule has 1 heterocycles. The summed E-state index contributed by atoms with van der Waals surface area (Å²) in [5.74, 6) is 2.40. The highest BCUT2D eigenvalue weighted by Gasteiger charge is 2.25. The molecule has 1 amide bonds. The third-order valence-corrected chi connectivity index (χ3v) is 4.87. The molecule has 0 aliphatic carbocycles. The maximum absolute atomic E-state index is 12.2. The third kappa shape index (κ3) is 4.59. The molecule has 0 saturated heterocycles. The van der Waals surface area contributed by atoms with E-state index < -0.39 is 5.54 Å². The van der Waals surface area contributed by atoms with Crippen LogP contribution < -0.4 is 5.32 Å². The Balaban J connectivity index is 2.90. The van der Waals surface area contributed by atoms with Crippen molar-refractivity contribution < 1.29 is 9.59 Å². The summed E-state index contributed by atoms with van der Waals surface area (Å²) in [7, 11) is 0. The lowest BCUT2D eigenvalue weighted by atomic mass is 9.94. The molecule has 0 fully saturated rings. The van der Waals surface area contributed by atoms with Gasteiger partial charge in [0, 0.05) is 11.3 Å². The van der Waals surface area contributed by atoms with E-state index in [2.05, 4.69) is 16.2 Å². The van der Waals surface area contributed by atoms with Crippen molar-refractivity contribution >= 4 is 23.5 Å². The normalized spacial score (nSPS) is 10.6. The lowest BCUT2D eigenvalue weighted by Gasteiger charge is -2.26. The van der Waals surface area contributed by atoms with Gasteiger partial charge in [-0.05, 0) is 32.8 Å². The predicted octanol–water partition coefficient (Wildman–Crippen LogP) is 2.86. The minimum Gasteiger partial charge on any atom is -0.339 e. The van der Waals surface area contributed by atoms with E-state index in [0.29, 0.717) is 29.1 Å². The topological polar surface area (TPSA) is 82.8 Å². The first kappa shape index (κ1) is 19.7. The standard InChI is InChI=1S/C18H21N3O2S/c1-6-18(7-2,8-3)21-16(23)11-24-17-14(10-19)9-15(13(5)22)12(4)20-17/h1,9H,7-8,11H2,2-5H3,(H,21,23). The van der Waals surface area contributed by atoms with E-state index in [4.69, 9.17) is 6.42 Å². The Morgan fingerprint density at radius 3 is 2.50 bits per heavy atom. The SMILES string of the molecule is C#CC(CC)(CC)NC(=O)CSc1nc(C)c(C(C)=O)cc1C#N. The molecule has 24 heavy (non-hydrogen) atoms. The largest absolute Gasteiger partial charge is 0.339 e. The zero-order valence-electron chi connectivity index (χ0n) is 14.4. The van der Waals surface area contributed by atoms with Gasteiger partial charge < -0.3 is 5.32 Å². The summed E-state index contributed by atoms with van der Waals surface area (Å²) in [5.41, 5.74) is 0.614. The smallest absolute Gasteiger partial charge is 0.231 e. The zero-order chi connectivity index (χ0) is 18.3. The van der Waals surface area contributed by atoms with E-state index in [1.807, 2.05) is 19.9 Å². The van der Waals surface area contributed by atoms with Crippen molar-refractivity contribution in [1.29, 1.82) is 5.26 Å². The van der Waals surface area contributed by atoms with E-state index in [9.17, 15) is 14.9 Å². The fraction of sp³-hybridized carbons (Fsp3) is 0.444. The van der Waals surface area contributed by atoms with Gasteiger partial charge in [-0.2, -0.15) is 5.26 Å². The Morgan fingerprint density at radius 1 is 1.42 bits per heavy atom. The second kappa shape index (κ2) is 8.52. The number of nitrogens with one attached hydrogen (secondary N) is 1. The molecule has 0 spiro atoms. The number of nitriles is 1. The quantitative estimate of drug-likeness (QED) is 0.467. The van der Waals surface area contributed by atoms with Crippen molar-refractivity contribution in [3.05, 3.63) is 22.9 Å². The van der Waals surface area contributed by atoms with Gasteiger partial charge in [0.25, 0.3) is 0 Å². The fourth-order valence-electron chi connectivity index (χ4n) is 2.23. The zero-order valence-corrected chi connectivity index (χ0v) is 15.2. The molecule has 0 aromatic carbocycles. The van der Waals surface area contributed by atoms with Crippen molar-refractivity contribution in [2.45, 2.75) is 51.1 Å². The molecular formula is C18H21N3O2S. The number of nitrogens with zero attached hydrogens (tertiary/aromatic N) is 2. The highest BCUT2D eigenvalue weighted by atomic mass is 32.2. The summed E-state index contributed by atoms with van der Waals surface area (Å²) in [6.07, 6.45) is 6.82. The van der Waals surface area contributed by atoms with Gasteiger partial charge in [0.15, 0.2) is 5.78 Å². The Morgan fingerprint density at radius 2 is 2.04 bits per heavy atom. The van der Waals surface area contributed by atoms with Crippen LogP contribution >= 0.6 is 11.8 Å². The molecule has 0 aliphatic heterocycles. The van der Waals surface area contributed by atoms with Crippen molar-refractivity contribution in [1.82, 2.24) is 10.3 Å². The maximum Gasteiger partial charge on any atom is 0.231 e. The van der Waals surface area contributed by atoms with Crippen LogP contribution in [0.15, 0.2) is 11.1 Å². The van der Waals surface area contributed by atoms with Crippen molar-refractivity contribution in [3.63, 3.8) is 0 Å². The van der Waals surface area contributed by atoms with Crippen molar-refractivity contribution in [2.75, 3.05) is 5.75 Å². The number of amides is 1. The van der Waals surface area contributed by atoms with Crippen LogP contribution in [0.2, 0.25) is 0 Å². The lowest BCUT2D eigenvalue weighted by Crippen LogP contribution is -2.47. The average Bonchev–Trinajstić information content (AvgIpc) is 2.57. The number of terminal acetylenes is 1. The van der Waals surface area contributed by atoms with Crippen LogP contribution in [0.5, 0.6) is 0 Å². The number of carbonyl (C=O) groups is 2. The minimum absolute atomic E-state index is 0.101. The molecule has 1 rings (SSSR count). The molecule has 1 aromatic rings. The molecule has 1 aromatic heterocycles. The monoisotopic (exact) mass is 343 g/mol. The van der Waals surface area contributed by atoms with Crippen LogP contribution in [-0.4, -0.2) is 28.0 Å². The lowest BCUT2D eigenvalue weighted by molar-refractivity contribution is -0.119. The summed E-state index contributed by atoms with van der Waals surface area (Å²) >= 11 is 1.16. The summed E-state index contributed by atoms with van der Waals surface area (Å²) in [6.45, 7) is 6.99. The summed E-state index contributed by atoms with van der Waals surface area (Å²) in [4.78, 5) is 28.0. The second-order valence-electron chi connectivity index (χ2n) is 5.41. The molecule has 0 saturated carbocycles. The number of aromatic nitrogens is 1. The van der Waals surface area contributed by atoms with Gasteiger partial charge in [0.1, 0.15) is 16.6 Å². The first-order chi connectivity index (χ1) is 11.3. The van der Waals surface area contributed by atoms with Gasteiger partial charge in [-0.1, -0.05) is 31.5 Å². The Kier molecular flexibility index (Phi) is 7.00. The van der Waals surface area contributed by atoms with Crippen LogP contribution in [0.3, 0.4) is 0 Å². The maximum atomic E-state index is 12.2. The van der Waals surface area contributed by atoms with E-state index >= 15 is 0 Å². The van der Waals surface area contributed by atoms with Crippen LogP contribution in [0.4, 0.5) is 0 Å². The molecule has 0 radical (unpaired) electrons. The number of ketones is 1. The number of pyridine rings is 1. The van der Waals surface area contributed by atoms with E-state index in [0.717, 1.165) is 11.8 Å². The molecule has 0 bridgehead atoms. The number of thioether (sulfide) groups is 1. The highest BCUT2D eigenvalue weighted by Crippen LogP contribution is 2.23. The molecule has 0 aliphatic rings. The van der Waals surface area contributed by atoms with Gasteiger partial charge in [-0.15, -0.1) is 6.42 Å². The average molecular weight is 343 g/mol. The van der Waals surface area contributed by atoms with Crippen LogP contribution in [0.25, 0.3) is 0 Å². The van der Waals surface area contributed by atoms with E-state index in [-0.39, 0.29) is 23.0 Å². The van der Waals surface area contributed by atoms with Crippen molar-refractivity contribution in [3.8, 4) is 18.4 Å². The molecule has 5 nitrogen and oxygen atoms in total. The Labute approximate surface area is 147 Å². The first-order valence-electron chi connectivity index (χ1n) is 7.66. The van der Waals surface area contributed by atoms with Gasteiger partial charge in [-0.3, -0.25) is 9.59 Å². The minimum atomic E-state index is -0.641. The molecular weight excluding hydrogens is 322 g/mol. The Hall–Kier alpha value is -2.31. The number of hydrogen-bond acceptors (Lipinski definition) is 5. The Bertz CT molecular complexity index is 725. The van der Waals surface area contributed by atoms with Gasteiger partial charge in [0.2, 0.25) is 5.91 Å². The fourth-order valence-corrected chi connectivity index (χ4v) is 3.04. The van der Waals surface area contributed by atoms with Gasteiger partial charge in [-0.25, -0.2) is 4.98 Å². The molecule has 0 unspecified atom stereocenters. The number of carbonyl (C=O) groups excluding carboxylic acids is 2. The second-order valence-corrected chi connectivity index (χ2v) is 6.38. The summed E-state index contributed by atoms with van der Waals surface area (Å²) < 4.78 is 0. The van der Waals surface area contributed by atoms with Crippen LogP contribution in [0, 0.1) is 30.6 Å². The first-order valence-corrected chi connectivity index (χ1v) is 8.65. The molecule has 6 heteroatoms. The molecule has 126 valence electrons. The van der Waals surface area contributed by atoms with Gasteiger partial charge in [0.05, 0.1) is 11.3 Å². The predicted molar refractivity (Wildman–Crippen MR) is 94.7 cm³/mol. The van der Waals surface area contributed by atoms with Gasteiger partial charge >= 0.3 is 0 Å².